The van der Waals surface area contributed by atoms with Crippen LogP contribution in [0.1, 0.15) is 11.1 Å². The number of anilines is 2. The van der Waals surface area contributed by atoms with Gasteiger partial charge in [-0.3, -0.25) is 9.55 Å². The molecule has 0 saturated carbocycles. The van der Waals surface area contributed by atoms with Crippen molar-refractivity contribution in [1.82, 2.24) is 14.5 Å². The molecule has 2 amide bonds. The van der Waals surface area contributed by atoms with Crippen LogP contribution >= 0.6 is 11.6 Å². The summed E-state index contributed by atoms with van der Waals surface area (Å²) in [5.41, 5.74) is 1.65. The van der Waals surface area contributed by atoms with Crippen molar-refractivity contribution in [3.8, 4) is 22.8 Å². The molecule has 35 heavy (non-hydrogen) atoms. The van der Waals surface area contributed by atoms with Crippen LogP contribution in [0.15, 0.2) is 67.3 Å². The second-order valence-corrected chi connectivity index (χ2v) is 7.87. The van der Waals surface area contributed by atoms with Crippen LogP contribution in [0.5, 0.6) is 5.75 Å². The summed E-state index contributed by atoms with van der Waals surface area (Å²) >= 11 is 5.72. The summed E-state index contributed by atoms with van der Waals surface area (Å²) in [6.07, 6.45) is 2.16. The highest BCUT2D eigenvalue weighted by atomic mass is 35.5. The largest absolute Gasteiger partial charge is 0.495 e. The van der Waals surface area contributed by atoms with Gasteiger partial charge in [-0.15, -0.1) is 0 Å². The van der Waals surface area contributed by atoms with Gasteiger partial charge in [0.15, 0.2) is 0 Å². The number of ether oxygens (including phenoxy) is 1. The van der Waals surface area contributed by atoms with Crippen LogP contribution < -0.4 is 15.4 Å². The van der Waals surface area contributed by atoms with Crippen molar-refractivity contribution in [2.75, 3.05) is 17.7 Å². The third kappa shape index (κ3) is 5.22. The number of hydrogen-bond acceptors (Lipinski definition) is 4. The second kappa shape index (κ2) is 9.67. The normalized spacial score (nSPS) is 11.3. The minimum Gasteiger partial charge on any atom is -0.495 e. The average Bonchev–Trinajstić information content (AvgIpc) is 3.31. The van der Waals surface area contributed by atoms with Crippen LogP contribution in [0.3, 0.4) is 0 Å². The number of pyridine rings is 1. The highest BCUT2D eigenvalue weighted by Gasteiger charge is 2.34. The van der Waals surface area contributed by atoms with Crippen molar-refractivity contribution >= 4 is 29.0 Å². The Kier molecular flexibility index (Phi) is 6.65. The van der Waals surface area contributed by atoms with E-state index in [0.717, 1.165) is 34.8 Å². The van der Waals surface area contributed by atoms with Crippen LogP contribution in [0.4, 0.5) is 29.3 Å². The molecule has 4 rings (SSSR count). The number of carbonyl (C=O) groups is 1. The summed E-state index contributed by atoms with van der Waals surface area (Å²) in [7, 11) is 1.27. The summed E-state index contributed by atoms with van der Waals surface area (Å²) in [4.78, 5) is 21.0. The minimum absolute atomic E-state index is 0.00558. The van der Waals surface area contributed by atoms with E-state index in [-0.39, 0.29) is 11.4 Å². The van der Waals surface area contributed by atoms with E-state index < -0.39 is 22.8 Å². The number of amides is 2. The van der Waals surface area contributed by atoms with Gasteiger partial charge in [-0.05, 0) is 48.9 Å². The molecule has 180 valence electrons. The third-order valence-electron chi connectivity index (χ3n) is 5.16. The van der Waals surface area contributed by atoms with Crippen molar-refractivity contribution < 1.29 is 22.7 Å². The molecular formula is C24H19ClF3N5O2. The number of nitrogens with zero attached hydrogens (tertiary/aromatic N) is 3. The lowest BCUT2D eigenvalue weighted by molar-refractivity contribution is -0.137. The van der Waals surface area contributed by atoms with Crippen molar-refractivity contribution in [3.63, 3.8) is 0 Å². The van der Waals surface area contributed by atoms with E-state index in [0.29, 0.717) is 5.69 Å². The summed E-state index contributed by atoms with van der Waals surface area (Å²) in [6, 6.07) is 10.0. The van der Waals surface area contributed by atoms with Gasteiger partial charge in [-0.25, -0.2) is 9.78 Å². The molecule has 0 aliphatic carbocycles. The first-order chi connectivity index (χ1) is 16.7. The van der Waals surface area contributed by atoms with E-state index in [9.17, 15) is 18.0 Å². The fourth-order valence-electron chi connectivity index (χ4n) is 3.48. The SMILES string of the molecule is COc1cc(Cl)c(C(F)(F)F)cc1NC(=O)Nc1ccc(-n2ccnc2-c2ccncc2)cc1C. The number of hydrogen-bond donors (Lipinski definition) is 2. The van der Waals surface area contributed by atoms with Crippen LogP contribution in [0.25, 0.3) is 17.1 Å². The minimum atomic E-state index is -4.69. The molecule has 11 heteroatoms. The highest BCUT2D eigenvalue weighted by Crippen LogP contribution is 2.40. The molecule has 0 fully saturated rings. The number of benzene rings is 2. The number of alkyl halides is 3. The predicted molar refractivity (Wildman–Crippen MR) is 127 cm³/mol. The van der Waals surface area contributed by atoms with Gasteiger partial charge in [0.1, 0.15) is 11.6 Å². The van der Waals surface area contributed by atoms with Gasteiger partial charge in [0.05, 0.1) is 23.4 Å². The number of urea groups is 1. The Balaban J connectivity index is 1.55. The van der Waals surface area contributed by atoms with Crippen molar-refractivity contribution in [2.45, 2.75) is 13.1 Å². The fraction of sp³-hybridized carbons (Fsp3) is 0.125. The first-order valence-corrected chi connectivity index (χ1v) is 10.6. The van der Waals surface area contributed by atoms with Gasteiger partial charge >= 0.3 is 12.2 Å². The molecule has 2 heterocycles. The maximum Gasteiger partial charge on any atom is 0.417 e. The Morgan fingerprint density at radius 1 is 1.03 bits per heavy atom. The van der Waals surface area contributed by atoms with Gasteiger partial charge < -0.3 is 15.4 Å². The zero-order chi connectivity index (χ0) is 25.2. The molecule has 7 nitrogen and oxygen atoms in total. The Bertz CT molecular complexity index is 1370. The van der Waals surface area contributed by atoms with Gasteiger partial charge in [0.25, 0.3) is 0 Å². The number of aryl methyl sites for hydroxylation is 1. The fourth-order valence-corrected chi connectivity index (χ4v) is 3.74. The average molecular weight is 502 g/mol. The number of nitrogens with one attached hydrogen (secondary N) is 2. The quantitative estimate of drug-likeness (QED) is 0.324. The zero-order valence-corrected chi connectivity index (χ0v) is 19.3. The molecule has 0 aliphatic heterocycles. The number of carbonyl (C=O) groups excluding carboxylic acids is 1. The van der Waals surface area contributed by atoms with Gasteiger partial charge in [-0.2, -0.15) is 13.2 Å². The van der Waals surface area contributed by atoms with E-state index in [1.807, 2.05) is 29.0 Å². The summed E-state index contributed by atoms with van der Waals surface area (Å²) in [5.74, 6) is 0.717. The first kappa shape index (κ1) is 24.1. The van der Waals surface area contributed by atoms with Crippen molar-refractivity contribution in [2.24, 2.45) is 0 Å². The molecule has 0 radical (unpaired) electrons. The second-order valence-electron chi connectivity index (χ2n) is 7.47. The first-order valence-electron chi connectivity index (χ1n) is 10.2. The maximum absolute atomic E-state index is 13.2. The Morgan fingerprint density at radius 2 is 1.74 bits per heavy atom. The summed E-state index contributed by atoms with van der Waals surface area (Å²) in [6.45, 7) is 1.80. The molecule has 2 aromatic heterocycles. The van der Waals surface area contributed by atoms with Gasteiger partial charge in [0, 0.05) is 47.8 Å². The highest BCUT2D eigenvalue weighted by molar-refractivity contribution is 6.31. The smallest absolute Gasteiger partial charge is 0.417 e. The number of halogens is 4. The molecule has 2 aromatic carbocycles. The third-order valence-corrected chi connectivity index (χ3v) is 5.47. The number of aromatic nitrogens is 3. The molecule has 0 saturated heterocycles. The van der Waals surface area contributed by atoms with Crippen LogP contribution in [-0.4, -0.2) is 27.7 Å². The number of rotatable bonds is 5. The predicted octanol–water partition coefficient (Wildman–Crippen LogP) is 6.57. The van der Waals surface area contributed by atoms with Crippen molar-refractivity contribution in [3.05, 3.63) is 83.4 Å². The number of methoxy groups -OCH3 is 1. The summed E-state index contributed by atoms with van der Waals surface area (Å²) in [5, 5.41) is 4.51. The topological polar surface area (TPSA) is 81.1 Å². The lowest BCUT2D eigenvalue weighted by Crippen LogP contribution is -2.21. The van der Waals surface area contributed by atoms with Crippen LogP contribution in [0.2, 0.25) is 5.02 Å². The Morgan fingerprint density at radius 3 is 2.40 bits per heavy atom. The lowest BCUT2D eigenvalue weighted by atomic mass is 10.1. The lowest BCUT2D eigenvalue weighted by Gasteiger charge is -2.16. The molecule has 0 aliphatic rings. The maximum atomic E-state index is 13.2. The molecule has 0 unspecified atom stereocenters. The zero-order valence-electron chi connectivity index (χ0n) is 18.5. The summed E-state index contributed by atoms with van der Waals surface area (Å²) < 4.78 is 46.6. The Labute approximate surface area is 203 Å². The van der Waals surface area contributed by atoms with E-state index in [1.165, 1.54) is 7.11 Å². The molecule has 2 N–H and O–H groups in total. The molecule has 0 atom stereocenters. The number of imidazole rings is 1. The van der Waals surface area contributed by atoms with Crippen LogP contribution in [0, 0.1) is 6.92 Å². The van der Waals surface area contributed by atoms with E-state index in [4.69, 9.17) is 16.3 Å². The molecule has 0 bridgehead atoms. The van der Waals surface area contributed by atoms with E-state index >= 15 is 0 Å². The standard InChI is InChI=1S/C24H19ClF3N5O2/c1-14-11-16(33-10-9-30-22(33)15-5-7-29-8-6-15)3-4-19(14)31-23(34)32-20-12-17(24(26,27)28)18(25)13-21(20)35-2/h3-13H,1-2H3,(H2,31,32,34). The molecule has 4 aromatic rings. The van der Waals surface area contributed by atoms with Crippen LogP contribution in [-0.2, 0) is 6.18 Å². The van der Waals surface area contributed by atoms with Crippen molar-refractivity contribution in [1.29, 1.82) is 0 Å². The van der Waals surface area contributed by atoms with Gasteiger partial charge in [0.2, 0.25) is 0 Å². The Hall–Kier alpha value is -4.05. The molecular weight excluding hydrogens is 483 g/mol. The van der Waals surface area contributed by atoms with E-state index in [1.54, 1.807) is 37.6 Å². The van der Waals surface area contributed by atoms with E-state index in [2.05, 4.69) is 20.6 Å². The molecule has 0 spiro atoms. The van der Waals surface area contributed by atoms with Gasteiger partial charge in [-0.1, -0.05) is 11.6 Å². The monoisotopic (exact) mass is 501 g/mol.